The number of ketones is 1. The average Bonchev–Trinajstić information content (AvgIpc) is 3.76. The van der Waals surface area contributed by atoms with E-state index in [4.69, 9.17) is 9.15 Å². The molecule has 6 aromatic rings. The van der Waals surface area contributed by atoms with Crippen LogP contribution in [0.25, 0.3) is 17.2 Å². The van der Waals surface area contributed by atoms with Gasteiger partial charge in [-0.15, -0.1) is 11.8 Å². The molecule has 328 valence electrons. The second-order valence-electron chi connectivity index (χ2n) is 14.3. The third-order valence-corrected chi connectivity index (χ3v) is 14.8. The molecule has 1 aliphatic carbocycles. The summed E-state index contributed by atoms with van der Waals surface area (Å²) in [6, 6.07) is 44.5. The third-order valence-electron chi connectivity index (χ3n) is 10.4. The Morgan fingerprint density at radius 2 is 1.51 bits per heavy atom. The van der Waals surface area contributed by atoms with Crippen LogP contribution >= 0.6 is 95.5 Å². The summed E-state index contributed by atoms with van der Waals surface area (Å²) in [4.78, 5) is 19.8. The molecule has 7 nitrogen and oxygen atoms in total. The minimum atomic E-state index is -0.614. The quantitative estimate of drug-likeness (QED) is 0.0342. The maximum atomic E-state index is 14.6. The van der Waals surface area contributed by atoms with E-state index in [1.807, 2.05) is 18.2 Å². The first-order valence-electron chi connectivity index (χ1n) is 20.2. The number of aliphatic hydroxyl groups excluding tert-OH is 1. The predicted octanol–water partition coefficient (Wildman–Crippen LogP) is 8.78. The van der Waals surface area contributed by atoms with E-state index in [0.717, 1.165) is 60.7 Å². The number of allylic oxidation sites excluding steroid dienone is 3. The van der Waals surface area contributed by atoms with Gasteiger partial charge in [0.15, 0.2) is 12.3 Å². The van der Waals surface area contributed by atoms with Crippen LogP contribution < -0.4 is 37.4 Å². The average molecular weight is 1340 g/mol. The van der Waals surface area contributed by atoms with Gasteiger partial charge >= 0.3 is 70.7 Å². The van der Waals surface area contributed by atoms with Gasteiger partial charge < -0.3 is 36.5 Å². The molecular weight excluding hydrogens is 1290 g/mol. The zero-order valence-electron chi connectivity index (χ0n) is 34.6. The van der Waals surface area contributed by atoms with E-state index in [2.05, 4.69) is 225 Å². The monoisotopic (exact) mass is 1340 g/mol. The molecule has 0 unspecified atom stereocenters. The zero-order valence-corrected chi connectivity index (χ0v) is 46.6. The summed E-state index contributed by atoms with van der Waals surface area (Å²) in [5, 5.41) is 12.1. The first kappa shape index (κ1) is 50.7. The van der Waals surface area contributed by atoms with E-state index in [-0.39, 0.29) is 36.3 Å². The van der Waals surface area contributed by atoms with Gasteiger partial charge in [0.25, 0.3) is 5.52 Å². The van der Waals surface area contributed by atoms with Gasteiger partial charge in [0.1, 0.15) is 5.82 Å². The van der Waals surface area contributed by atoms with Crippen LogP contribution in [-0.4, -0.2) is 55.7 Å². The number of benzene rings is 5. The van der Waals surface area contributed by atoms with Crippen molar-refractivity contribution < 1.29 is 40.9 Å². The van der Waals surface area contributed by atoms with E-state index in [9.17, 15) is 9.90 Å². The van der Waals surface area contributed by atoms with E-state index in [1.54, 1.807) is 11.8 Å². The van der Waals surface area contributed by atoms with Gasteiger partial charge in [-0.1, -0.05) is 113 Å². The van der Waals surface area contributed by atoms with Gasteiger partial charge in [0.2, 0.25) is 5.58 Å². The number of carbonyl (C=O) groups is 1. The molecule has 1 aromatic heterocycles. The van der Waals surface area contributed by atoms with Crippen molar-refractivity contribution in [3.63, 3.8) is 0 Å². The number of thioether (sulfide) groups is 1. The molecule has 2 heterocycles. The van der Waals surface area contributed by atoms with Crippen molar-refractivity contribution >= 4 is 140 Å². The second kappa shape index (κ2) is 24.9. The van der Waals surface area contributed by atoms with Crippen molar-refractivity contribution in [2.75, 3.05) is 54.6 Å². The number of nitrogens with zero attached hydrogens (tertiary/aromatic N) is 3. The molecule has 0 spiro atoms. The molecular formula is C48H46BrClI3N3O4PSV. The molecule has 1 N–H and O–H groups in total. The molecule has 0 bridgehead atoms. The number of aromatic nitrogens is 1. The predicted molar refractivity (Wildman–Crippen MR) is 286 cm³/mol. The first-order chi connectivity index (χ1) is 30.2. The Morgan fingerprint density at radius 1 is 0.857 bits per heavy atom. The van der Waals surface area contributed by atoms with Crippen LogP contribution in [0.4, 0.5) is 11.4 Å². The van der Waals surface area contributed by atoms with Crippen molar-refractivity contribution in [3.8, 4) is 0 Å². The summed E-state index contributed by atoms with van der Waals surface area (Å²) in [5.74, 6) is 2.40. The topological polar surface area (TPSA) is 70.0 Å². The normalized spacial score (nSPS) is 14.7. The molecule has 63 heavy (non-hydrogen) atoms. The Bertz CT molecular complexity index is 2550. The number of hydrogen-bond acceptors (Lipinski definition) is 7. The number of carbonyl (C=O) groups excluding carboxylic acids is 1. The van der Waals surface area contributed by atoms with Crippen molar-refractivity contribution in [2.45, 2.75) is 20.4 Å². The molecule has 0 saturated carbocycles. The van der Waals surface area contributed by atoms with Crippen LogP contribution in [0, 0.1) is 6.92 Å². The summed E-state index contributed by atoms with van der Waals surface area (Å²) in [6.07, 6.45) is 4.99. The van der Waals surface area contributed by atoms with Gasteiger partial charge in [-0.25, -0.2) is 0 Å². The van der Waals surface area contributed by atoms with E-state index in [0.29, 0.717) is 43.3 Å². The Morgan fingerprint density at radius 3 is 2.14 bits per heavy atom. The summed E-state index contributed by atoms with van der Waals surface area (Å²) in [5.41, 5.74) is 7.52. The van der Waals surface area contributed by atoms with Crippen molar-refractivity contribution in [1.82, 2.24) is 0 Å². The van der Waals surface area contributed by atoms with Crippen LogP contribution in [0.5, 0.6) is 0 Å². The van der Waals surface area contributed by atoms with Gasteiger partial charge in [-0.05, 0) is 74.4 Å². The Kier molecular flexibility index (Phi) is 20.0. The summed E-state index contributed by atoms with van der Waals surface area (Å²) >= 11 is 12.8. The SMILES string of the molecule is CCN1C(=CC2=C(SCCP(c3ccccc3)c3ccccc3)C(=Cc3oc4cc(C)ccc4[n+]3Cc3ccccc3)C2=O)N(CCOCCO)c2ccc(Br)cc21.[Cl-].[I][V]([I])[I]. The zero-order chi connectivity index (χ0) is 43.6. The number of ether oxygens (including phenoxy) is 1. The molecule has 5 aromatic carbocycles. The van der Waals surface area contributed by atoms with E-state index < -0.39 is 7.92 Å². The molecule has 0 saturated heterocycles. The number of halogens is 5. The molecule has 15 heteroatoms. The maximum absolute atomic E-state index is 14.6. The van der Waals surface area contributed by atoms with E-state index >= 15 is 0 Å². The fourth-order valence-electron chi connectivity index (χ4n) is 7.59. The van der Waals surface area contributed by atoms with Crippen molar-refractivity contribution in [2.24, 2.45) is 0 Å². The summed E-state index contributed by atoms with van der Waals surface area (Å²) in [7, 11) is -0.614. The van der Waals surface area contributed by atoms with E-state index in [1.165, 1.54) is 10.6 Å². The summed E-state index contributed by atoms with van der Waals surface area (Å²) < 4.78 is 15.5. The standard InChI is InChI=1S/C48H46BrN3O4PS.ClH.3HI.V/c1-3-50-43-30-36(49)20-22-41(43)51(23-25-55-26-24-53)45(50)31-39-47(54)40(48(39)58-28-27-57(37-15-9-5-10-16-37)38-17-11-6-12-18-38)32-46-52(33-35-13-7-4-8-14-35)42-21-19-34(2)29-44(42)56-46;;;;;/h4-22,29-32,53H,3,23-28,33H2,1-2H3;4*1H;/q+1;;;;;+3/p-4. The summed E-state index contributed by atoms with van der Waals surface area (Å²) in [6.45, 7) is 6.76. The number of aryl methyl sites for hydroxylation is 1. The molecule has 0 amide bonds. The Hall–Kier alpha value is -1.70. The van der Waals surface area contributed by atoms with Crippen LogP contribution in [0.2, 0.25) is 0 Å². The van der Waals surface area contributed by atoms with Crippen LogP contribution in [0.15, 0.2) is 164 Å². The molecule has 0 atom stereocenters. The number of oxazole rings is 1. The van der Waals surface area contributed by atoms with Crippen molar-refractivity contribution in [3.05, 3.63) is 177 Å². The number of anilines is 2. The molecule has 0 fully saturated rings. The third kappa shape index (κ3) is 12.9. The van der Waals surface area contributed by atoms with Crippen LogP contribution in [0.3, 0.4) is 0 Å². The number of hydrogen-bond donors (Lipinski definition) is 1. The van der Waals surface area contributed by atoms with Crippen molar-refractivity contribution in [1.29, 1.82) is 0 Å². The molecule has 0 radical (unpaired) electrons. The number of fused-ring (bicyclic) bond motifs is 2. The van der Waals surface area contributed by atoms with Gasteiger partial charge in [-0.3, -0.25) is 4.79 Å². The van der Waals surface area contributed by atoms with Crippen LogP contribution in [0.1, 0.15) is 23.9 Å². The first-order valence-corrected chi connectivity index (χ1v) is 37.0. The number of Topliss-reactive ketones (excluding diaryl/α,β-unsaturated/α-hetero) is 1. The minimum absolute atomic E-state index is 0. The van der Waals surface area contributed by atoms with Gasteiger partial charge in [0.05, 0.1) is 37.3 Å². The fraction of sp³-hybridized carbons (Fsp3) is 0.208. The second-order valence-corrected chi connectivity index (χ2v) is 54.1. The Labute approximate surface area is 428 Å². The molecule has 8 rings (SSSR count). The fourth-order valence-corrected chi connectivity index (χ4v) is 11.7. The number of rotatable bonds is 16. The van der Waals surface area contributed by atoms with Crippen LogP contribution in [-0.2, 0) is 21.0 Å². The molecule has 1 aliphatic heterocycles. The Balaban J connectivity index is 0.00000127. The number of aliphatic hydroxyl groups is 1. The van der Waals surface area contributed by atoms with Gasteiger partial charge in [0, 0.05) is 51.0 Å². The molecule has 2 aliphatic rings. The van der Waals surface area contributed by atoms with Gasteiger partial charge in [-0.2, -0.15) is 4.57 Å².